The van der Waals surface area contributed by atoms with Gasteiger partial charge in [-0.3, -0.25) is 0 Å². The summed E-state index contributed by atoms with van der Waals surface area (Å²) < 4.78 is 5.32. The number of benzene rings is 1. The SMILES string of the molecule is CCc1cc(SC)c(C(N)CO)cc1OC. The van der Waals surface area contributed by atoms with Gasteiger partial charge < -0.3 is 15.6 Å². The molecule has 0 fully saturated rings. The van der Waals surface area contributed by atoms with Gasteiger partial charge in [0.25, 0.3) is 0 Å². The molecule has 0 bridgehead atoms. The van der Waals surface area contributed by atoms with Crippen LogP contribution in [0.4, 0.5) is 0 Å². The molecular weight excluding hydrogens is 222 g/mol. The Morgan fingerprint density at radius 3 is 2.62 bits per heavy atom. The first-order valence-corrected chi connectivity index (χ1v) is 6.51. The van der Waals surface area contributed by atoms with Gasteiger partial charge in [-0.15, -0.1) is 11.8 Å². The van der Waals surface area contributed by atoms with Crippen molar-refractivity contribution in [1.29, 1.82) is 0 Å². The van der Waals surface area contributed by atoms with Crippen molar-refractivity contribution in [3.8, 4) is 5.75 Å². The molecule has 0 amide bonds. The second kappa shape index (κ2) is 6.13. The van der Waals surface area contributed by atoms with Crippen LogP contribution in [0.3, 0.4) is 0 Å². The molecule has 0 saturated heterocycles. The van der Waals surface area contributed by atoms with Gasteiger partial charge in [0.15, 0.2) is 0 Å². The van der Waals surface area contributed by atoms with Crippen LogP contribution in [-0.2, 0) is 6.42 Å². The highest BCUT2D eigenvalue weighted by Gasteiger charge is 2.14. The Morgan fingerprint density at radius 2 is 2.19 bits per heavy atom. The first-order valence-electron chi connectivity index (χ1n) is 5.29. The van der Waals surface area contributed by atoms with E-state index in [4.69, 9.17) is 15.6 Å². The number of rotatable bonds is 5. The van der Waals surface area contributed by atoms with E-state index in [1.807, 2.05) is 12.3 Å². The minimum atomic E-state index is -0.345. The quantitative estimate of drug-likeness (QED) is 0.774. The van der Waals surface area contributed by atoms with Crippen LogP contribution in [0.1, 0.15) is 24.1 Å². The fraction of sp³-hybridized carbons (Fsp3) is 0.500. The number of methoxy groups -OCH3 is 1. The average molecular weight is 241 g/mol. The third-order valence-electron chi connectivity index (χ3n) is 2.61. The lowest BCUT2D eigenvalue weighted by Crippen LogP contribution is -2.15. The third kappa shape index (κ3) is 2.70. The Morgan fingerprint density at radius 1 is 1.50 bits per heavy atom. The topological polar surface area (TPSA) is 55.5 Å². The van der Waals surface area contributed by atoms with E-state index in [-0.39, 0.29) is 12.6 Å². The summed E-state index contributed by atoms with van der Waals surface area (Å²) >= 11 is 1.64. The van der Waals surface area contributed by atoms with E-state index in [0.717, 1.165) is 22.6 Å². The standard InChI is InChI=1S/C12H19NO2S/c1-4-8-5-12(16-3)9(10(13)7-14)6-11(8)15-2/h5-6,10,14H,4,7,13H2,1-3H3. The predicted octanol–water partition coefficient (Wildman–Crippen LogP) is 1.97. The van der Waals surface area contributed by atoms with E-state index in [9.17, 15) is 0 Å². The van der Waals surface area contributed by atoms with Crippen LogP contribution < -0.4 is 10.5 Å². The van der Waals surface area contributed by atoms with E-state index < -0.39 is 0 Å². The molecule has 0 saturated carbocycles. The van der Waals surface area contributed by atoms with E-state index in [0.29, 0.717) is 0 Å². The molecule has 1 atom stereocenters. The highest BCUT2D eigenvalue weighted by atomic mass is 32.2. The van der Waals surface area contributed by atoms with Gasteiger partial charge >= 0.3 is 0 Å². The number of aryl methyl sites for hydroxylation is 1. The lowest BCUT2D eigenvalue weighted by atomic mass is 10.0. The van der Waals surface area contributed by atoms with Gasteiger partial charge in [0.1, 0.15) is 5.75 Å². The van der Waals surface area contributed by atoms with Crippen molar-refractivity contribution in [3.63, 3.8) is 0 Å². The molecule has 0 radical (unpaired) electrons. The fourth-order valence-electron chi connectivity index (χ4n) is 1.65. The van der Waals surface area contributed by atoms with E-state index in [2.05, 4.69) is 13.0 Å². The molecule has 0 spiro atoms. The minimum Gasteiger partial charge on any atom is -0.496 e. The van der Waals surface area contributed by atoms with Crippen LogP contribution in [0.15, 0.2) is 17.0 Å². The Balaban J connectivity index is 3.25. The van der Waals surface area contributed by atoms with E-state index in [1.165, 1.54) is 5.56 Å². The van der Waals surface area contributed by atoms with Crippen molar-refractivity contribution in [2.75, 3.05) is 20.0 Å². The lowest BCUT2D eigenvalue weighted by molar-refractivity contribution is 0.266. The first kappa shape index (κ1) is 13.4. The number of hydrogen-bond donors (Lipinski definition) is 2. The summed E-state index contributed by atoms with van der Waals surface area (Å²) in [6, 6.07) is 3.68. The number of ether oxygens (including phenoxy) is 1. The number of thioether (sulfide) groups is 1. The minimum absolute atomic E-state index is 0.0534. The van der Waals surface area contributed by atoms with Gasteiger partial charge in [-0.1, -0.05) is 6.92 Å². The van der Waals surface area contributed by atoms with Gasteiger partial charge in [0, 0.05) is 4.90 Å². The zero-order valence-corrected chi connectivity index (χ0v) is 10.8. The van der Waals surface area contributed by atoms with Gasteiger partial charge in [-0.05, 0) is 35.9 Å². The Bertz CT molecular complexity index is 355. The van der Waals surface area contributed by atoms with Crippen LogP contribution in [0, 0.1) is 0 Å². The number of nitrogens with two attached hydrogens (primary N) is 1. The Kier molecular flexibility index (Phi) is 5.12. The van der Waals surface area contributed by atoms with Gasteiger partial charge in [-0.25, -0.2) is 0 Å². The zero-order chi connectivity index (χ0) is 12.1. The molecule has 4 heteroatoms. The Labute approximate surface area is 101 Å². The second-order valence-corrected chi connectivity index (χ2v) is 4.40. The summed E-state index contributed by atoms with van der Waals surface area (Å²) in [7, 11) is 1.65. The number of hydrogen-bond acceptors (Lipinski definition) is 4. The number of aliphatic hydroxyl groups is 1. The first-order chi connectivity index (χ1) is 7.67. The molecule has 90 valence electrons. The molecule has 16 heavy (non-hydrogen) atoms. The molecule has 0 aromatic heterocycles. The van der Waals surface area contributed by atoms with Crippen molar-refractivity contribution in [2.45, 2.75) is 24.3 Å². The molecule has 0 aliphatic carbocycles. The Hall–Kier alpha value is -0.710. The summed E-state index contributed by atoms with van der Waals surface area (Å²) in [6.07, 6.45) is 2.93. The monoisotopic (exact) mass is 241 g/mol. The third-order valence-corrected chi connectivity index (χ3v) is 3.40. The van der Waals surface area contributed by atoms with Crippen LogP contribution in [0.25, 0.3) is 0 Å². The highest BCUT2D eigenvalue weighted by molar-refractivity contribution is 7.98. The molecule has 1 aromatic rings. The van der Waals surface area contributed by atoms with Crippen molar-refractivity contribution in [2.24, 2.45) is 5.73 Å². The highest BCUT2D eigenvalue weighted by Crippen LogP contribution is 2.32. The summed E-state index contributed by atoms with van der Waals surface area (Å²) in [4.78, 5) is 1.11. The molecule has 1 rings (SSSR count). The maximum absolute atomic E-state index is 9.12. The molecule has 3 N–H and O–H groups in total. The molecule has 1 unspecified atom stereocenters. The van der Waals surface area contributed by atoms with Crippen LogP contribution >= 0.6 is 11.8 Å². The second-order valence-electron chi connectivity index (χ2n) is 3.55. The maximum Gasteiger partial charge on any atom is 0.122 e. The summed E-state index contributed by atoms with van der Waals surface area (Å²) in [5.74, 6) is 0.846. The van der Waals surface area contributed by atoms with Crippen molar-refractivity contribution < 1.29 is 9.84 Å². The normalized spacial score (nSPS) is 12.6. The molecule has 1 aromatic carbocycles. The van der Waals surface area contributed by atoms with Crippen LogP contribution in [0.5, 0.6) is 5.75 Å². The van der Waals surface area contributed by atoms with Gasteiger partial charge in [0.2, 0.25) is 0 Å². The average Bonchev–Trinajstić information content (AvgIpc) is 2.35. The molecular formula is C12H19NO2S. The molecule has 3 nitrogen and oxygen atoms in total. The lowest BCUT2D eigenvalue weighted by Gasteiger charge is -2.17. The summed E-state index contributed by atoms with van der Waals surface area (Å²) in [5, 5.41) is 9.12. The summed E-state index contributed by atoms with van der Waals surface area (Å²) in [5.41, 5.74) is 7.98. The van der Waals surface area contributed by atoms with Gasteiger partial charge in [0.05, 0.1) is 19.8 Å². The smallest absolute Gasteiger partial charge is 0.122 e. The molecule has 0 aliphatic rings. The predicted molar refractivity (Wildman–Crippen MR) is 68.2 cm³/mol. The van der Waals surface area contributed by atoms with Gasteiger partial charge in [-0.2, -0.15) is 0 Å². The van der Waals surface area contributed by atoms with Crippen molar-refractivity contribution >= 4 is 11.8 Å². The van der Waals surface area contributed by atoms with Crippen molar-refractivity contribution in [3.05, 3.63) is 23.3 Å². The summed E-state index contributed by atoms with van der Waals surface area (Å²) in [6.45, 7) is 2.04. The fourth-order valence-corrected chi connectivity index (χ4v) is 2.36. The maximum atomic E-state index is 9.12. The van der Waals surface area contributed by atoms with Crippen molar-refractivity contribution in [1.82, 2.24) is 0 Å². The largest absolute Gasteiger partial charge is 0.496 e. The molecule has 0 aliphatic heterocycles. The van der Waals surface area contributed by atoms with E-state index in [1.54, 1.807) is 18.9 Å². The van der Waals surface area contributed by atoms with Crippen LogP contribution in [0.2, 0.25) is 0 Å². The molecule has 0 heterocycles. The van der Waals surface area contributed by atoms with E-state index >= 15 is 0 Å². The van der Waals surface area contributed by atoms with Crippen LogP contribution in [-0.4, -0.2) is 25.1 Å². The zero-order valence-electron chi connectivity index (χ0n) is 9.99. The number of aliphatic hydroxyl groups excluding tert-OH is 1.